The van der Waals surface area contributed by atoms with Crippen molar-refractivity contribution in [3.63, 3.8) is 0 Å². The summed E-state index contributed by atoms with van der Waals surface area (Å²) in [5, 5.41) is 16.5. The summed E-state index contributed by atoms with van der Waals surface area (Å²) < 4.78 is 58.2. The predicted molar refractivity (Wildman–Crippen MR) is 133 cm³/mol. The van der Waals surface area contributed by atoms with Crippen LogP contribution >= 0.6 is 22.6 Å². The highest BCUT2D eigenvalue weighted by Gasteiger charge is 2.25. The van der Waals surface area contributed by atoms with E-state index in [0.29, 0.717) is 6.54 Å². The number of aliphatic hydroxyl groups is 1. The summed E-state index contributed by atoms with van der Waals surface area (Å²) in [6.45, 7) is 0.511. The summed E-state index contributed by atoms with van der Waals surface area (Å²) in [6, 6.07) is 9.31. The van der Waals surface area contributed by atoms with E-state index in [-0.39, 0.29) is 24.3 Å². The molecule has 3 rings (SSSR count). The number of anilines is 1. The van der Waals surface area contributed by atoms with Crippen molar-refractivity contribution < 1.29 is 31.5 Å². The molecular weight excluding hydrogens is 597 g/mol. The monoisotopic (exact) mass is 620 g/mol. The van der Waals surface area contributed by atoms with Crippen molar-refractivity contribution in [1.29, 1.82) is 0 Å². The van der Waals surface area contributed by atoms with E-state index in [2.05, 4.69) is 38.2 Å². The van der Waals surface area contributed by atoms with Gasteiger partial charge in [0, 0.05) is 22.7 Å². The molecule has 0 bridgehead atoms. The van der Waals surface area contributed by atoms with E-state index in [1.165, 1.54) is 0 Å². The predicted octanol–water partition coefficient (Wildman–Crippen LogP) is 2.42. The summed E-state index contributed by atoms with van der Waals surface area (Å²) in [6.07, 6.45) is 0.674. The molecule has 4 N–H and O–H groups in total. The molecule has 2 aromatic carbocycles. The quantitative estimate of drug-likeness (QED) is 0.242. The van der Waals surface area contributed by atoms with Gasteiger partial charge in [-0.15, -0.1) is 0 Å². The number of carbonyl (C=O) groups is 1. The highest BCUT2D eigenvalue weighted by molar-refractivity contribution is 14.1. The lowest BCUT2D eigenvalue weighted by Gasteiger charge is -2.24. The van der Waals surface area contributed by atoms with Gasteiger partial charge in [-0.1, -0.05) is 12.1 Å². The maximum atomic E-state index is 13.7. The summed E-state index contributed by atoms with van der Waals surface area (Å²) >= 11 is 2.19. The zero-order chi connectivity index (χ0) is 25.6. The molecule has 2 unspecified atom stereocenters. The number of nitrogens with one attached hydrogen (secondary N) is 3. The molecule has 1 amide bonds. The second-order valence-corrected chi connectivity index (χ2v) is 10.8. The maximum absolute atomic E-state index is 13.7. The molecule has 0 aliphatic heterocycles. The number of halogens is 3. The van der Waals surface area contributed by atoms with Gasteiger partial charge in [-0.2, -0.15) is 0 Å². The molecule has 9 nitrogen and oxygen atoms in total. The van der Waals surface area contributed by atoms with Crippen molar-refractivity contribution in [3.8, 4) is 0 Å². The van der Waals surface area contributed by atoms with Gasteiger partial charge in [0.25, 0.3) is 5.91 Å². The standard InChI is InChI=1S/C22H23F2IN4O5S/c1-35(32,33)29-22-27-12-20(34-22)21(31)28-18(8-14-5-15(23)9-16(24)6-14)19(30)11-26-10-13-3-2-4-17(25)7-13/h2-7,9,12,18-19,26,30H,8,10-11H2,1H3,(H,27,29)(H,28,31). The van der Waals surface area contributed by atoms with Gasteiger partial charge in [0.15, 0.2) is 0 Å². The molecule has 13 heteroatoms. The first-order valence-corrected chi connectivity index (χ1v) is 13.3. The number of oxazole rings is 1. The van der Waals surface area contributed by atoms with Crippen molar-refractivity contribution in [2.45, 2.75) is 25.1 Å². The van der Waals surface area contributed by atoms with E-state index < -0.39 is 45.7 Å². The number of amides is 1. The van der Waals surface area contributed by atoms with Crippen molar-refractivity contribution in [2.75, 3.05) is 17.5 Å². The Balaban J connectivity index is 1.71. The van der Waals surface area contributed by atoms with Gasteiger partial charge in [0.2, 0.25) is 15.8 Å². The van der Waals surface area contributed by atoms with Crippen molar-refractivity contribution in [3.05, 3.63) is 80.8 Å². The minimum atomic E-state index is -3.67. The normalized spacial score (nSPS) is 13.3. The van der Waals surface area contributed by atoms with Crippen LogP contribution in [0.3, 0.4) is 0 Å². The van der Waals surface area contributed by atoms with E-state index in [4.69, 9.17) is 4.42 Å². The van der Waals surface area contributed by atoms with Crippen LogP contribution in [-0.2, 0) is 23.0 Å². The molecule has 2 atom stereocenters. The largest absolute Gasteiger partial charge is 0.418 e. The molecule has 188 valence electrons. The fraction of sp³-hybridized carbons (Fsp3) is 0.273. The number of aromatic nitrogens is 1. The van der Waals surface area contributed by atoms with Crippen LogP contribution in [-0.4, -0.2) is 49.4 Å². The highest BCUT2D eigenvalue weighted by atomic mass is 127. The lowest BCUT2D eigenvalue weighted by molar-refractivity contribution is 0.0805. The first-order chi connectivity index (χ1) is 16.5. The second kappa shape index (κ2) is 11.9. The molecule has 1 heterocycles. The number of hydrogen-bond acceptors (Lipinski definition) is 7. The Morgan fingerprint density at radius 1 is 1.17 bits per heavy atom. The average Bonchev–Trinajstić information content (AvgIpc) is 3.19. The summed E-state index contributed by atoms with van der Waals surface area (Å²) in [5.41, 5.74) is 1.21. The number of nitrogens with zero attached hydrogens (tertiary/aromatic N) is 1. The van der Waals surface area contributed by atoms with E-state index >= 15 is 0 Å². The molecule has 35 heavy (non-hydrogen) atoms. The van der Waals surface area contributed by atoms with Crippen LogP contribution in [0.2, 0.25) is 0 Å². The van der Waals surface area contributed by atoms with E-state index in [0.717, 1.165) is 39.8 Å². The van der Waals surface area contributed by atoms with E-state index in [1.54, 1.807) is 0 Å². The molecule has 0 aliphatic carbocycles. The third kappa shape index (κ3) is 8.83. The molecule has 0 saturated carbocycles. The zero-order valence-electron chi connectivity index (χ0n) is 18.5. The fourth-order valence-corrected chi connectivity index (χ4v) is 4.26. The summed E-state index contributed by atoms with van der Waals surface area (Å²) in [4.78, 5) is 16.4. The van der Waals surface area contributed by atoms with Crippen molar-refractivity contribution >= 4 is 44.5 Å². The highest BCUT2D eigenvalue weighted by Crippen LogP contribution is 2.15. The van der Waals surface area contributed by atoms with Gasteiger partial charge in [-0.3, -0.25) is 4.79 Å². The van der Waals surface area contributed by atoms with Crippen molar-refractivity contribution in [2.24, 2.45) is 0 Å². The fourth-order valence-electron chi connectivity index (χ4n) is 3.24. The topological polar surface area (TPSA) is 134 Å². The van der Waals surface area contributed by atoms with Crippen LogP contribution in [0.15, 0.2) is 53.1 Å². The summed E-state index contributed by atoms with van der Waals surface area (Å²) in [7, 11) is -3.67. The van der Waals surface area contributed by atoms with Gasteiger partial charge in [0.1, 0.15) is 11.6 Å². The molecular formula is C22H23F2IN4O5S. The van der Waals surface area contributed by atoms with E-state index in [1.807, 2.05) is 29.0 Å². The number of benzene rings is 2. The first-order valence-electron chi connectivity index (χ1n) is 10.3. The zero-order valence-corrected chi connectivity index (χ0v) is 21.4. The minimum absolute atomic E-state index is 0.0610. The number of carbonyl (C=O) groups excluding carboxylic acids is 1. The van der Waals surface area contributed by atoms with Gasteiger partial charge in [0.05, 0.1) is 24.6 Å². The Morgan fingerprint density at radius 2 is 1.89 bits per heavy atom. The number of aliphatic hydroxyl groups excluding tert-OH is 1. The number of sulfonamides is 1. The molecule has 0 fully saturated rings. The molecule has 0 aliphatic rings. The molecule has 0 radical (unpaired) electrons. The Kier molecular flexibility index (Phi) is 9.15. The van der Waals surface area contributed by atoms with E-state index in [9.17, 15) is 27.1 Å². The van der Waals surface area contributed by atoms with Gasteiger partial charge in [-0.05, 0) is 64.4 Å². The molecule has 1 aromatic heterocycles. The molecule has 3 aromatic rings. The Bertz CT molecular complexity index is 1270. The third-order valence-corrected chi connectivity index (χ3v) is 5.95. The average molecular weight is 620 g/mol. The van der Waals surface area contributed by atoms with Crippen LogP contribution < -0.4 is 15.4 Å². The van der Waals surface area contributed by atoms with Gasteiger partial charge < -0.3 is 20.2 Å². The molecule has 0 spiro atoms. The smallest absolute Gasteiger partial charge is 0.309 e. The number of rotatable bonds is 11. The SMILES string of the molecule is CS(=O)(=O)Nc1ncc(C(=O)NC(Cc2cc(F)cc(F)c2)C(O)CNCc2cccc(I)c2)o1. The van der Waals surface area contributed by atoms with Crippen LogP contribution in [0.1, 0.15) is 21.7 Å². The first kappa shape index (κ1) is 27.0. The lowest BCUT2D eigenvalue weighted by Crippen LogP contribution is -2.48. The summed E-state index contributed by atoms with van der Waals surface area (Å²) in [5.74, 6) is -2.69. The number of hydrogen-bond donors (Lipinski definition) is 4. The Morgan fingerprint density at radius 3 is 2.54 bits per heavy atom. The van der Waals surface area contributed by atoms with Crippen LogP contribution in [0.25, 0.3) is 0 Å². The third-order valence-electron chi connectivity index (χ3n) is 4.73. The Labute approximate surface area is 214 Å². The Hall–Kier alpha value is -2.62. The van der Waals surface area contributed by atoms with Gasteiger partial charge >= 0.3 is 6.01 Å². The van der Waals surface area contributed by atoms with Crippen LogP contribution in [0.4, 0.5) is 14.8 Å². The van der Waals surface area contributed by atoms with Crippen LogP contribution in [0.5, 0.6) is 0 Å². The van der Waals surface area contributed by atoms with Crippen LogP contribution in [0, 0.1) is 15.2 Å². The van der Waals surface area contributed by atoms with Crippen molar-refractivity contribution in [1.82, 2.24) is 15.6 Å². The lowest BCUT2D eigenvalue weighted by atomic mass is 10.0. The minimum Gasteiger partial charge on any atom is -0.418 e. The van der Waals surface area contributed by atoms with Gasteiger partial charge in [-0.25, -0.2) is 26.9 Å². The maximum Gasteiger partial charge on any atom is 0.309 e. The second-order valence-electron chi connectivity index (χ2n) is 7.79. The molecule has 0 saturated heterocycles.